The normalized spacial score (nSPS) is 12.5. The maximum absolute atomic E-state index is 4.17. The number of benzene rings is 1. The molecule has 2 aromatic heterocycles. The molecule has 1 atom stereocenters. The van der Waals surface area contributed by atoms with Gasteiger partial charge in [0.25, 0.3) is 0 Å². The van der Waals surface area contributed by atoms with Crippen molar-refractivity contribution in [3.05, 3.63) is 72.6 Å². The topological polar surface area (TPSA) is 46.8 Å². The molecular weight excluding hydrogens is 274 g/mol. The first-order valence-electron chi connectivity index (χ1n) is 7.28. The molecule has 1 aromatic carbocycles. The number of nitrogens with zero attached hydrogens (tertiary/aromatic N) is 5. The van der Waals surface area contributed by atoms with Crippen molar-refractivity contribution >= 4 is 0 Å². The lowest BCUT2D eigenvalue weighted by Crippen LogP contribution is -2.22. The van der Waals surface area contributed by atoms with Crippen LogP contribution in [0.25, 0.3) is 5.69 Å². The van der Waals surface area contributed by atoms with Crippen molar-refractivity contribution in [1.29, 1.82) is 0 Å². The molecule has 5 nitrogen and oxygen atoms in total. The van der Waals surface area contributed by atoms with Crippen molar-refractivity contribution in [3.63, 3.8) is 0 Å². The minimum atomic E-state index is 0.324. The molecule has 0 spiro atoms. The minimum absolute atomic E-state index is 0.324. The summed E-state index contributed by atoms with van der Waals surface area (Å²) in [6.07, 6.45) is 6.96. The molecule has 22 heavy (non-hydrogen) atoms. The molecule has 3 rings (SSSR count). The van der Waals surface area contributed by atoms with Crippen molar-refractivity contribution in [3.8, 4) is 5.69 Å². The zero-order chi connectivity index (χ0) is 15.4. The zero-order valence-corrected chi connectivity index (χ0v) is 12.8. The molecule has 2 heterocycles. The summed E-state index contributed by atoms with van der Waals surface area (Å²) in [5.41, 5.74) is 3.51. The van der Waals surface area contributed by atoms with Gasteiger partial charge in [-0.15, -0.1) is 0 Å². The molecule has 0 amide bonds. The van der Waals surface area contributed by atoms with Crippen LogP contribution in [0, 0.1) is 0 Å². The molecule has 0 saturated carbocycles. The van der Waals surface area contributed by atoms with Crippen LogP contribution in [0.2, 0.25) is 0 Å². The van der Waals surface area contributed by atoms with E-state index in [1.54, 1.807) is 17.2 Å². The second-order valence-corrected chi connectivity index (χ2v) is 5.38. The average molecular weight is 293 g/mol. The van der Waals surface area contributed by atoms with E-state index in [2.05, 4.69) is 64.3 Å². The highest BCUT2D eigenvalue weighted by Crippen LogP contribution is 2.21. The van der Waals surface area contributed by atoms with Crippen molar-refractivity contribution in [2.24, 2.45) is 0 Å². The van der Waals surface area contributed by atoms with E-state index in [1.807, 2.05) is 12.3 Å². The smallest absolute Gasteiger partial charge is 0.138 e. The molecule has 0 fully saturated rings. The molecule has 3 aromatic rings. The summed E-state index contributed by atoms with van der Waals surface area (Å²) in [5.74, 6) is 0. The fourth-order valence-corrected chi connectivity index (χ4v) is 2.42. The Hall–Kier alpha value is -2.53. The van der Waals surface area contributed by atoms with Crippen LogP contribution in [0.3, 0.4) is 0 Å². The maximum atomic E-state index is 4.17. The lowest BCUT2D eigenvalue weighted by molar-refractivity contribution is 0.253. The Kier molecular flexibility index (Phi) is 4.25. The Morgan fingerprint density at radius 3 is 2.59 bits per heavy atom. The summed E-state index contributed by atoms with van der Waals surface area (Å²) in [7, 11) is 2.13. The van der Waals surface area contributed by atoms with Gasteiger partial charge in [0.05, 0.1) is 5.69 Å². The molecule has 0 N–H and O–H groups in total. The Morgan fingerprint density at radius 1 is 1.14 bits per heavy atom. The van der Waals surface area contributed by atoms with E-state index in [9.17, 15) is 0 Å². The Balaban J connectivity index is 1.70. The summed E-state index contributed by atoms with van der Waals surface area (Å²) in [6.45, 7) is 3.08. The lowest BCUT2D eigenvalue weighted by atomic mass is 10.1. The van der Waals surface area contributed by atoms with Crippen LogP contribution < -0.4 is 0 Å². The second-order valence-electron chi connectivity index (χ2n) is 5.38. The van der Waals surface area contributed by atoms with Gasteiger partial charge in [-0.1, -0.05) is 18.2 Å². The average Bonchev–Trinajstić information content (AvgIpc) is 3.10. The van der Waals surface area contributed by atoms with Gasteiger partial charge in [0, 0.05) is 25.0 Å². The Morgan fingerprint density at radius 2 is 1.95 bits per heavy atom. The predicted molar refractivity (Wildman–Crippen MR) is 85.5 cm³/mol. The summed E-state index contributed by atoms with van der Waals surface area (Å²) in [4.78, 5) is 10.4. The third-order valence-electron chi connectivity index (χ3n) is 3.87. The van der Waals surface area contributed by atoms with Crippen molar-refractivity contribution in [2.75, 3.05) is 7.05 Å². The first-order chi connectivity index (χ1) is 10.7. The van der Waals surface area contributed by atoms with Gasteiger partial charge in [0.15, 0.2) is 0 Å². The molecule has 5 heteroatoms. The van der Waals surface area contributed by atoms with E-state index >= 15 is 0 Å². The number of pyridine rings is 1. The van der Waals surface area contributed by atoms with Gasteiger partial charge in [-0.3, -0.25) is 9.88 Å². The van der Waals surface area contributed by atoms with Crippen molar-refractivity contribution < 1.29 is 0 Å². The molecule has 0 radical (unpaired) electrons. The fraction of sp³-hybridized carbons (Fsp3) is 0.235. The van der Waals surface area contributed by atoms with Gasteiger partial charge in [-0.05, 0) is 43.3 Å². The summed E-state index contributed by atoms with van der Waals surface area (Å²) in [5, 5.41) is 4.14. The SMILES string of the molecule is CC(c1ccc(-n2cncn2)cc1)N(C)Cc1cccnc1. The predicted octanol–water partition coefficient (Wildman–Crippen LogP) is 2.86. The van der Waals surface area contributed by atoms with Gasteiger partial charge in [0.2, 0.25) is 0 Å². The third kappa shape index (κ3) is 3.20. The van der Waals surface area contributed by atoms with Crippen LogP contribution >= 0.6 is 0 Å². The third-order valence-corrected chi connectivity index (χ3v) is 3.87. The first-order valence-corrected chi connectivity index (χ1v) is 7.28. The highest BCUT2D eigenvalue weighted by molar-refractivity contribution is 5.34. The Bertz CT molecular complexity index is 692. The summed E-state index contributed by atoms with van der Waals surface area (Å²) >= 11 is 0. The van der Waals surface area contributed by atoms with Gasteiger partial charge >= 0.3 is 0 Å². The van der Waals surface area contributed by atoms with E-state index in [-0.39, 0.29) is 0 Å². The monoisotopic (exact) mass is 293 g/mol. The van der Waals surface area contributed by atoms with Crippen molar-refractivity contribution in [1.82, 2.24) is 24.6 Å². The van der Waals surface area contributed by atoms with Gasteiger partial charge < -0.3 is 0 Å². The van der Waals surface area contributed by atoms with Gasteiger partial charge in [-0.2, -0.15) is 5.10 Å². The number of aromatic nitrogens is 4. The number of hydrogen-bond acceptors (Lipinski definition) is 4. The highest BCUT2D eigenvalue weighted by Gasteiger charge is 2.12. The largest absolute Gasteiger partial charge is 0.295 e. The molecule has 112 valence electrons. The van der Waals surface area contributed by atoms with Crippen LogP contribution in [0.15, 0.2) is 61.4 Å². The zero-order valence-electron chi connectivity index (χ0n) is 12.8. The van der Waals surface area contributed by atoms with Gasteiger partial charge in [0.1, 0.15) is 12.7 Å². The molecule has 1 unspecified atom stereocenters. The highest BCUT2D eigenvalue weighted by atomic mass is 15.3. The molecule has 0 aliphatic carbocycles. The van der Waals surface area contributed by atoms with Gasteiger partial charge in [-0.25, -0.2) is 9.67 Å². The van der Waals surface area contributed by atoms with E-state index in [1.165, 1.54) is 17.5 Å². The Labute approximate surface area is 130 Å². The molecule has 0 bridgehead atoms. The summed E-state index contributed by atoms with van der Waals surface area (Å²) in [6, 6.07) is 12.8. The maximum Gasteiger partial charge on any atom is 0.138 e. The lowest BCUT2D eigenvalue weighted by Gasteiger charge is -2.25. The molecule has 0 saturated heterocycles. The van der Waals surface area contributed by atoms with Crippen LogP contribution in [0.1, 0.15) is 24.1 Å². The molecule has 0 aliphatic heterocycles. The summed E-state index contributed by atoms with van der Waals surface area (Å²) < 4.78 is 1.76. The second kappa shape index (κ2) is 6.49. The van der Waals surface area contributed by atoms with Crippen LogP contribution in [0.4, 0.5) is 0 Å². The first kappa shape index (κ1) is 14.4. The van der Waals surface area contributed by atoms with Crippen LogP contribution in [0.5, 0.6) is 0 Å². The van der Waals surface area contributed by atoms with E-state index in [4.69, 9.17) is 0 Å². The fourth-order valence-electron chi connectivity index (χ4n) is 2.42. The molecular formula is C17H19N5. The van der Waals surface area contributed by atoms with E-state index < -0.39 is 0 Å². The molecule has 0 aliphatic rings. The standard InChI is InChI=1S/C17H19N5/c1-14(21(2)11-15-4-3-9-18-10-15)16-5-7-17(8-6-16)22-13-19-12-20-22/h3-10,12-14H,11H2,1-2H3. The minimum Gasteiger partial charge on any atom is -0.295 e. The van der Waals surface area contributed by atoms with E-state index in [0.29, 0.717) is 6.04 Å². The van der Waals surface area contributed by atoms with Crippen molar-refractivity contribution in [2.45, 2.75) is 19.5 Å². The van der Waals surface area contributed by atoms with E-state index in [0.717, 1.165) is 12.2 Å². The van der Waals surface area contributed by atoms with Crippen LogP contribution in [-0.2, 0) is 6.54 Å². The quantitative estimate of drug-likeness (QED) is 0.725. The number of hydrogen-bond donors (Lipinski definition) is 0. The number of rotatable bonds is 5. The van der Waals surface area contributed by atoms with Crippen LogP contribution in [-0.4, -0.2) is 31.7 Å².